The van der Waals surface area contributed by atoms with Crippen LogP contribution in [0.5, 0.6) is 17.2 Å². The van der Waals surface area contributed by atoms with Gasteiger partial charge in [-0.3, -0.25) is 0 Å². The highest BCUT2D eigenvalue weighted by Crippen LogP contribution is 2.38. The first-order chi connectivity index (χ1) is 11.3. The molecule has 130 valence electrons. The van der Waals surface area contributed by atoms with Crippen LogP contribution < -0.4 is 19.5 Å². The molecule has 0 bridgehead atoms. The third-order valence-electron chi connectivity index (χ3n) is 4.21. The molecule has 5 nitrogen and oxygen atoms in total. The molecule has 1 heterocycles. The first kappa shape index (κ1) is 17.9. The first-order valence-corrected chi connectivity index (χ1v) is 8.59. The lowest BCUT2D eigenvalue weighted by Gasteiger charge is -2.27. The molecule has 1 fully saturated rings. The zero-order valence-corrected chi connectivity index (χ0v) is 14.7. The molecule has 0 atom stereocenters. The molecule has 1 saturated heterocycles. The van der Waals surface area contributed by atoms with Gasteiger partial charge in [0.15, 0.2) is 11.5 Å². The zero-order valence-electron chi connectivity index (χ0n) is 14.7. The Morgan fingerprint density at radius 1 is 1.04 bits per heavy atom. The average molecular weight is 322 g/mol. The van der Waals surface area contributed by atoms with Crippen molar-refractivity contribution in [1.82, 2.24) is 10.2 Å². The lowest BCUT2D eigenvalue weighted by Crippen LogP contribution is -2.43. The van der Waals surface area contributed by atoms with Gasteiger partial charge >= 0.3 is 0 Å². The molecule has 0 aliphatic carbocycles. The van der Waals surface area contributed by atoms with E-state index in [1.54, 1.807) is 14.2 Å². The average Bonchev–Trinajstić information content (AvgIpc) is 2.60. The van der Waals surface area contributed by atoms with E-state index in [1.165, 1.54) is 38.0 Å². The Bertz CT molecular complexity index is 448. The van der Waals surface area contributed by atoms with Crippen molar-refractivity contribution in [3.63, 3.8) is 0 Å². The van der Waals surface area contributed by atoms with Crippen molar-refractivity contribution in [3.05, 3.63) is 17.7 Å². The van der Waals surface area contributed by atoms with Crippen LogP contribution in [0.2, 0.25) is 0 Å². The first-order valence-electron chi connectivity index (χ1n) is 8.59. The largest absolute Gasteiger partial charge is 0.493 e. The summed E-state index contributed by atoms with van der Waals surface area (Å²) in [6.07, 6.45) is 3.42. The Hall–Kier alpha value is -1.46. The van der Waals surface area contributed by atoms with E-state index in [9.17, 15) is 0 Å². The van der Waals surface area contributed by atoms with Crippen molar-refractivity contribution in [3.8, 4) is 17.2 Å². The second-order valence-corrected chi connectivity index (χ2v) is 5.81. The minimum Gasteiger partial charge on any atom is -0.493 e. The summed E-state index contributed by atoms with van der Waals surface area (Å²) in [6, 6.07) is 4.14. The molecule has 1 aliphatic heterocycles. The Kier molecular flexibility index (Phi) is 7.49. The van der Waals surface area contributed by atoms with Crippen molar-refractivity contribution in [2.24, 2.45) is 0 Å². The summed E-state index contributed by atoms with van der Waals surface area (Å²) >= 11 is 0. The van der Waals surface area contributed by atoms with E-state index >= 15 is 0 Å². The number of rotatable bonds is 9. The van der Waals surface area contributed by atoms with Gasteiger partial charge in [-0.1, -0.05) is 0 Å². The predicted molar refractivity (Wildman–Crippen MR) is 93.0 cm³/mol. The second-order valence-electron chi connectivity index (χ2n) is 5.81. The summed E-state index contributed by atoms with van der Waals surface area (Å²) in [4.78, 5) is 2.54. The molecule has 0 unspecified atom stereocenters. The number of nitrogens with zero attached hydrogens (tertiary/aromatic N) is 1. The van der Waals surface area contributed by atoms with E-state index in [1.807, 2.05) is 6.92 Å². The molecule has 0 radical (unpaired) electrons. The van der Waals surface area contributed by atoms with Crippen LogP contribution in [0.1, 0.15) is 25.3 Å². The Morgan fingerprint density at radius 3 is 2.26 bits per heavy atom. The van der Waals surface area contributed by atoms with Crippen molar-refractivity contribution in [1.29, 1.82) is 0 Å². The van der Waals surface area contributed by atoms with Crippen molar-refractivity contribution in [2.45, 2.75) is 26.2 Å². The zero-order chi connectivity index (χ0) is 16.5. The highest BCUT2D eigenvalue weighted by Gasteiger charge is 2.14. The third-order valence-corrected chi connectivity index (χ3v) is 4.21. The number of hydrogen-bond acceptors (Lipinski definition) is 5. The van der Waals surface area contributed by atoms with Gasteiger partial charge in [0, 0.05) is 26.2 Å². The molecule has 0 aromatic heterocycles. The van der Waals surface area contributed by atoms with Crippen molar-refractivity contribution in [2.75, 3.05) is 53.6 Å². The molecule has 0 spiro atoms. The highest BCUT2D eigenvalue weighted by molar-refractivity contribution is 5.53. The lowest BCUT2D eigenvalue weighted by atomic mass is 10.1. The minimum absolute atomic E-state index is 0.594. The fourth-order valence-electron chi connectivity index (χ4n) is 2.96. The minimum atomic E-state index is 0.594. The van der Waals surface area contributed by atoms with Gasteiger partial charge in [-0.2, -0.15) is 0 Å². The summed E-state index contributed by atoms with van der Waals surface area (Å²) in [6.45, 7) is 8.32. The molecule has 23 heavy (non-hydrogen) atoms. The van der Waals surface area contributed by atoms with Gasteiger partial charge < -0.3 is 24.4 Å². The number of methoxy groups -OCH3 is 2. The van der Waals surface area contributed by atoms with Crippen LogP contribution in [0.15, 0.2) is 12.1 Å². The molecule has 1 aromatic carbocycles. The molecule has 2 rings (SSSR count). The summed E-state index contributed by atoms with van der Waals surface area (Å²) in [5, 5.41) is 3.39. The monoisotopic (exact) mass is 322 g/mol. The van der Waals surface area contributed by atoms with Crippen LogP contribution in [-0.2, 0) is 6.42 Å². The number of ether oxygens (including phenoxy) is 3. The molecule has 1 aromatic rings. The second kappa shape index (κ2) is 9.63. The Labute approximate surface area is 139 Å². The molecule has 0 saturated carbocycles. The predicted octanol–water partition coefficient (Wildman–Crippen LogP) is 2.33. The van der Waals surface area contributed by atoms with Crippen molar-refractivity contribution >= 4 is 0 Å². The van der Waals surface area contributed by atoms with E-state index in [0.717, 1.165) is 31.0 Å². The highest BCUT2D eigenvalue weighted by atomic mass is 16.5. The number of benzene rings is 1. The lowest BCUT2D eigenvalue weighted by molar-refractivity contribution is 0.237. The Balaban J connectivity index is 1.88. The molecule has 1 aliphatic rings. The SMILES string of the molecule is CCOc1c(OC)cc(CCCCN2CCNCC2)cc1OC. The number of nitrogens with one attached hydrogen (secondary N) is 1. The van der Waals surface area contributed by atoms with Crippen molar-refractivity contribution < 1.29 is 14.2 Å². The third kappa shape index (κ3) is 5.29. The standard InChI is InChI=1S/C18H30N2O3/c1-4-23-18-16(21-2)13-15(14-17(18)22-3)7-5-6-10-20-11-8-19-9-12-20/h13-14,19H,4-12H2,1-3H3. The van der Waals surface area contributed by atoms with Gasteiger partial charge in [0.25, 0.3) is 0 Å². The van der Waals surface area contributed by atoms with E-state index < -0.39 is 0 Å². The van der Waals surface area contributed by atoms with Crippen LogP contribution >= 0.6 is 0 Å². The van der Waals surface area contributed by atoms with Gasteiger partial charge in [-0.05, 0) is 50.4 Å². The quantitative estimate of drug-likeness (QED) is 0.707. The van der Waals surface area contributed by atoms with E-state index in [0.29, 0.717) is 12.4 Å². The summed E-state index contributed by atoms with van der Waals surface area (Å²) in [7, 11) is 3.34. The van der Waals surface area contributed by atoms with Gasteiger partial charge in [-0.15, -0.1) is 0 Å². The van der Waals surface area contributed by atoms with Gasteiger partial charge in [-0.25, -0.2) is 0 Å². The summed E-state index contributed by atoms with van der Waals surface area (Å²) in [5.41, 5.74) is 1.24. The van der Waals surface area contributed by atoms with E-state index in [4.69, 9.17) is 14.2 Å². The van der Waals surface area contributed by atoms with Gasteiger partial charge in [0.2, 0.25) is 5.75 Å². The molecule has 1 N–H and O–H groups in total. The fourth-order valence-corrected chi connectivity index (χ4v) is 2.96. The summed E-state index contributed by atoms with van der Waals surface area (Å²) in [5.74, 6) is 2.20. The molecular weight excluding hydrogens is 292 g/mol. The maximum absolute atomic E-state index is 5.65. The molecular formula is C18H30N2O3. The number of hydrogen-bond donors (Lipinski definition) is 1. The Morgan fingerprint density at radius 2 is 1.70 bits per heavy atom. The maximum Gasteiger partial charge on any atom is 0.203 e. The molecule has 5 heteroatoms. The maximum atomic E-state index is 5.65. The van der Waals surface area contributed by atoms with E-state index in [-0.39, 0.29) is 0 Å². The number of unbranched alkanes of at least 4 members (excludes halogenated alkanes) is 1. The number of piperazine rings is 1. The van der Waals surface area contributed by atoms with Gasteiger partial charge in [0.05, 0.1) is 20.8 Å². The smallest absolute Gasteiger partial charge is 0.203 e. The molecule has 0 amide bonds. The van der Waals surface area contributed by atoms with E-state index in [2.05, 4.69) is 22.3 Å². The van der Waals surface area contributed by atoms with Crippen LogP contribution in [-0.4, -0.2) is 58.5 Å². The van der Waals surface area contributed by atoms with Crippen LogP contribution in [0.3, 0.4) is 0 Å². The summed E-state index contributed by atoms with van der Waals surface area (Å²) < 4.78 is 16.6. The van der Waals surface area contributed by atoms with Crippen LogP contribution in [0.4, 0.5) is 0 Å². The topological polar surface area (TPSA) is 43.0 Å². The van der Waals surface area contributed by atoms with Gasteiger partial charge in [0.1, 0.15) is 0 Å². The number of aryl methyl sites for hydroxylation is 1. The van der Waals surface area contributed by atoms with Crippen LogP contribution in [0.25, 0.3) is 0 Å². The normalized spacial score (nSPS) is 15.4. The van der Waals surface area contributed by atoms with Crippen LogP contribution in [0, 0.1) is 0 Å². The fraction of sp³-hybridized carbons (Fsp3) is 0.667.